The highest BCUT2D eigenvalue weighted by molar-refractivity contribution is 6.31. The number of hydrogen-bond donors (Lipinski definition) is 2. The number of carbonyl (C=O) groups is 1. The zero-order valence-corrected chi connectivity index (χ0v) is 24.2. The van der Waals surface area contributed by atoms with Gasteiger partial charge in [-0.3, -0.25) is 0 Å². The third-order valence-corrected chi connectivity index (χ3v) is 6.53. The molecule has 2 heterocycles. The second-order valence-electron chi connectivity index (χ2n) is 8.67. The van der Waals surface area contributed by atoms with E-state index in [4.69, 9.17) is 22.1 Å². The third-order valence-electron chi connectivity index (χ3n) is 6.24. The fraction of sp³-hybridized carbons (Fsp3) is 0.433. The van der Waals surface area contributed by atoms with Gasteiger partial charge in [-0.15, -0.1) is 0 Å². The maximum absolute atomic E-state index is 13.5. The first-order valence-corrected chi connectivity index (χ1v) is 13.7. The van der Waals surface area contributed by atoms with Crippen molar-refractivity contribution in [2.75, 3.05) is 25.0 Å². The van der Waals surface area contributed by atoms with E-state index in [9.17, 15) is 4.39 Å². The molecule has 1 aliphatic heterocycles. The summed E-state index contributed by atoms with van der Waals surface area (Å²) in [5.74, 6) is 0.901. The van der Waals surface area contributed by atoms with Crippen LogP contribution in [-0.2, 0) is 11.2 Å². The Kier molecular flexibility index (Phi) is 15.2. The Morgan fingerprint density at radius 2 is 1.79 bits per heavy atom. The molecular weight excluding hydrogens is 501 g/mol. The van der Waals surface area contributed by atoms with Crippen LogP contribution in [0.1, 0.15) is 58.1 Å². The molecule has 1 fully saturated rings. The maximum Gasteiger partial charge on any atom is 0.141 e. The first-order valence-electron chi connectivity index (χ1n) is 13.3. The lowest BCUT2D eigenvalue weighted by molar-refractivity contribution is -0.0980. The number of carbonyl (C=O) groups excluding carboxylic acids is 1. The van der Waals surface area contributed by atoms with Crippen LogP contribution in [0.2, 0.25) is 5.02 Å². The Morgan fingerprint density at radius 1 is 1.13 bits per heavy atom. The molecule has 1 saturated heterocycles. The molecule has 0 bridgehead atoms. The van der Waals surface area contributed by atoms with Gasteiger partial charge in [0.2, 0.25) is 0 Å². The van der Waals surface area contributed by atoms with Crippen molar-refractivity contribution in [2.24, 2.45) is 11.7 Å². The minimum absolute atomic E-state index is 0.0759. The van der Waals surface area contributed by atoms with E-state index in [1.807, 2.05) is 34.5 Å². The van der Waals surface area contributed by atoms with Crippen LogP contribution in [0, 0.1) is 18.7 Å². The molecule has 6 nitrogen and oxygen atoms in total. The number of fused-ring (bicyclic) bond motifs is 1. The Morgan fingerprint density at radius 3 is 2.39 bits per heavy atom. The molecule has 0 atom stereocenters. The van der Waals surface area contributed by atoms with Gasteiger partial charge in [-0.2, -0.15) is 0 Å². The van der Waals surface area contributed by atoms with Gasteiger partial charge in [0, 0.05) is 23.3 Å². The van der Waals surface area contributed by atoms with Gasteiger partial charge in [0.25, 0.3) is 0 Å². The number of aromatic nitrogens is 2. The SMILES string of the molecule is C=C(N)CCN1CCC(Cc2cc3c(Nc4ccc(F)c(Cl)c4)ncnc3cc2C)CC1.C=O.CC.CC. The maximum atomic E-state index is 13.5. The lowest BCUT2D eigenvalue weighted by Gasteiger charge is -2.32. The zero-order chi connectivity index (χ0) is 28.7. The Balaban J connectivity index is 0.00000112. The summed E-state index contributed by atoms with van der Waals surface area (Å²) in [7, 11) is 0. The number of likely N-dealkylation sites (tertiary alicyclic amines) is 1. The van der Waals surface area contributed by atoms with Crippen LogP contribution >= 0.6 is 11.6 Å². The minimum atomic E-state index is -0.443. The highest BCUT2D eigenvalue weighted by atomic mass is 35.5. The van der Waals surface area contributed by atoms with Crippen molar-refractivity contribution in [3.05, 3.63) is 70.9 Å². The number of hydrogen-bond acceptors (Lipinski definition) is 6. The predicted octanol–water partition coefficient (Wildman–Crippen LogP) is 7.46. The van der Waals surface area contributed by atoms with Gasteiger partial charge < -0.3 is 20.7 Å². The van der Waals surface area contributed by atoms with E-state index >= 15 is 0 Å². The summed E-state index contributed by atoms with van der Waals surface area (Å²) in [6, 6.07) is 8.88. The van der Waals surface area contributed by atoms with Crippen molar-refractivity contribution >= 4 is 40.8 Å². The predicted molar refractivity (Wildman–Crippen MR) is 160 cm³/mol. The summed E-state index contributed by atoms with van der Waals surface area (Å²) in [6.45, 7) is 19.1. The number of nitrogens with two attached hydrogens (primary N) is 1. The number of piperidine rings is 1. The molecule has 0 spiro atoms. The molecule has 3 aromatic rings. The number of aryl methyl sites for hydroxylation is 1. The molecule has 208 valence electrons. The molecule has 0 amide bonds. The molecule has 0 radical (unpaired) electrons. The highest BCUT2D eigenvalue weighted by Gasteiger charge is 2.20. The molecule has 8 heteroatoms. The van der Waals surface area contributed by atoms with E-state index in [1.54, 1.807) is 18.5 Å². The summed E-state index contributed by atoms with van der Waals surface area (Å²) in [5.41, 5.74) is 10.6. The van der Waals surface area contributed by atoms with Gasteiger partial charge in [0.1, 0.15) is 24.8 Å². The largest absolute Gasteiger partial charge is 0.402 e. The van der Waals surface area contributed by atoms with E-state index in [2.05, 4.69) is 45.8 Å². The van der Waals surface area contributed by atoms with Crippen LogP contribution in [0.4, 0.5) is 15.9 Å². The monoisotopic (exact) mass is 543 g/mol. The Hall–Kier alpha value is -3.03. The van der Waals surface area contributed by atoms with Crippen LogP contribution < -0.4 is 11.1 Å². The van der Waals surface area contributed by atoms with Gasteiger partial charge >= 0.3 is 0 Å². The fourth-order valence-electron chi connectivity index (χ4n) is 4.31. The molecule has 0 aliphatic carbocycles. The van der Waals surface area contributed by atoms with Crippen molar-refractivity contribution in [3.8, 4) is 0 Å². The topological polar surface area (TPSA) is 84.1 Å². The normalized spacial score (nSPS) is 13.2. The van der Waals surface area contributed by atoms with E-state index in [0.717, 1.165) is 49.1 Å². The standard InChI is InChI=1S/C25H29ClFN5.2C2H6.CH2O/c1-16-11-24-21(25(30-15-29-24)31-20-3-4-23(27)22(26)14-20)13-19(16)12-18-6-9-32(10-7-18)8-5-17(2)28;3*1-2/h3-4,11,13-15,18H,2,5-10,12,28H2,1H3,(H,29,30,31);2*1-2H3;1H2. The molecular formula is C30H43ClFN5O. The summed E-state index contributed by atoms with van der Waals surface area (Å²) in [4.78, 5) is 19.4. The lowest BCUT2D eigenvalue weighted by atomic mass is 9.88. The number of anilines is 2. The van der Waals surface area contributed by atoms with Crippen molar-refractivity contribution in [1.29, 1.82) is 0 Å². The highest BCUT2D eigenvalue weighted by Crippen LogP contribution is 2.30. The molecule has 1 aromatic heterocycles. The van der Waals surface area contributed by atoms with Crippen LogP contribution in [0.15, 0.2) is 48.9 Å². The quantitative estimate of drug-likeness (QED) is 0.322. The molecule has 4 rings (SSSR count). The van der Waals surface area contributed by atoms with Crippen molar-refractivity contribution in [1.82, 2.24) is 14.9 Å². The van der Waals surface area contributed by atoms with Gasteiger partial charge in [0.15, 0.2) is 0 Å². The van der Waals surface area contributed by atoms with E-state index in [1.165, 1.54) is 30.0 Å². The first kappa shape index (κ1) is 33.0. The number of nitrogens with zero attached hydrogens (tertiary/aromatic N) is 3. The summed E-state index contributed by atoms with van der Waals surface area (Å²) in [6.07, 6.45) is 5.80. The van der Waals surface area contributed by atoms with Crippen molar-refractivity contribution in [3.63, 3.8) is 0 Å². The molecule has 38 heavy (non-hydrogen) atoms. The second-order valence-corrected chi connectivity index (χ2v) is 9.08. The average Bonchev–Trinajstić information content (AvgIpc) is 2.94. The lowest BCUT2D eigenvalue weighted by Crippen LogP contribution is -2.35. The van der Waals surface area contributed by atoms with Gasteiger partial charge in [-0.25, -0.2) is 14.4 Å². The Bertz CT molecular complexity index is 1150. The number of rotatable bonds is 7. The number of benzene rings is 2. The first-order chi connectivity index (χ1) is 18.4. The summed E-state index contributed by atoms with van der Waals surface area (Å²) in [5, 5.41) is 4.30. The van der Waals surface area contributed by atoms with Crippen molar-refractivity contribution in [2.45, 2.75) is 60.3 Å². The third kappa shape index (κ3) is 9.69. The van der Waals surface area contributed by atoms with Gasteiger partial charge in [-0.1, -0.05) is 45.9 Å². The molecule has 1 aliphatic rings. The zero-order valence-electron chi connectivity index (χ0n) is 23.5. The molecule has 2 aromatic carbocycles. The molecule has 0 saturated carbocycles. The van der Waals surface area contributed by atoms with E-state index in [0.29, 0.717) is 17.4 Å². The fourth-order valence-corrected chi connectivity index (χ4v) is 4.49. The van der Waals surface area contributed by atoms with Crippen LogP contribution in [0.25, 0.3) is 10.9 Å². The summed E-state index contributed by atoms with van der Waals surface area (Å²) >= 11 is 5.94. The van der Waals surface area contributed by atoms with Crippen LogP contribution in [0.3, 0.4) is 0 Å². The van der Waals surface area contributed by atoms with Gasteiger partial charge in [-0.05, 0) is 93.1 Å². The van der Waals surface area contributed by atoms with Gasteiger partial charge in [0.05, 0.1) is 10.5 Å². The number of nitrogens with one attached hydrogen (secondary N) is 1. The van der Waals surface area contributed by atoms with E-state index in [-0.39, 0.29) is 5.02 Å². The Labute approximate surface area is 232 Å². The van der Waals surface area contributed by atoms with Crippen molar-refractivity contribution < 1.29 is 9.18 Å². The molecule has 3 N–H and O–H groups in total. The van der Waals surface area contributed by atoms with E-state index < -0.39 is 5.82 Å². The van der Waals surface area contributed by atoms with Crippen LogP contribution in [0.5, 0.6) is 0 Å². The average molecular weight is 544 g/mol. The minimum Gasteiger partial charge on any atom is -0.402 e. The second kappa shape index (κ2) is 17.5. The number of halogens is 2. The summed E-state index contributed by atoms with van der Waals surface area (Å²) < 4.78 is 13.5. The van der Waals surface area contributed by atoms with Crippen LogP contribution in [-0.4, -0.2) is 41.3 Å². The molecule has 0 unspecified atom stereocenters. The smallest absolute Gasteiger partial charge is 0.141 e.